The number of para-hydroxylation sites is 1. The lowest BCUT2D eigenvalue weighted by atomic mass is 10.2. The fourth-order valence-electron chi connectivity index (χ4n) is 3.67. The third kappa shape index (κ3) is 5.57. The summed E-state index contributed by atoms with van der Waals surface area (Å²) in [4.78, 5) is 17.7. The molecule has 0 spiro atoms. The lowest BCUT2D eigenvalue weighted by Crippen LogP contribution is -2.33. The minimum Gasteiger partial charge on any atom is -0.494 e. The van der Waals surface area contributed by atoms with E-state index in [0.717, 1.165) is 6.07 Å². The molecule has 1 N–H and O–H groups in total. The fourth-order valence-corrected chi connectivity index (χ4v) is 4.76. The summed E-state index contributed by atoms with van der Waals surface area (Å²) in [6, 6.07) is 15.3. The van der Waals surface area contributed by atoms with Crippen molar-refractivity contribution in [1.29, 1.82) is 0 Å². The molecule has 0 unspecified atom stereocenters. The molecule has 0 atom stereocenters. The number of sulfonamides is 1. The van der Waals surface area contributed by atoms with Gasteiger partial charge in [-0.2, -0.15) is 0 Å². The summed E-state index contributed by atoms with van der Waals surface area (Å²) in [5, 5.41) is 8.11. The fraction of sp³-hybridized carbons (Fsp3) is 0.200. The second-order valence-corrected chi connectivity index (χ2v) is 9.49. The number of methoxy groups -OCH3 is 2. The van der Waals surface area contributed by atoms with Gasteiger partial charge in [-0.05, 0) is 31.2 Å². The second-order valence-electron chi connectivity index (χ2n) is 7.77. The average molecular weight is 542 g/mol. The number of nitrogens with zero attached hydrogens (tertiary/aromatic N) is 4. The van der Waals surface area contributed by atoms with Crippen LogP contribution in [0.1, 0.15) is 23.1 Å². The van der Waals surface area contributed by atoms with E-state index in [4.69, 9.17) is 14.2 Å². The van der Waals surface area contributed by atoms with Crippen molar-refractivity contribution in [2.24, 2.45) is 0 Å². The molecule has 0 aliphatic carbocycles. The number of aromatic nitrogens is 4. The summed E-state index contributed by atoms with van der Waals surface area (Å²) in [5.41, 5.74) is 0.417. The van der Waals surface area contributed by atoms with Crippen molar-refractivity contribution in [3.8, 4) is 34.6 Å². The number of hydrogen-bond donors (Lipinski definition) is 1. The predicted octanol–water partition coefficient (Wildman–Crippen LogP) is 3.14. The van der Waals surface area contributed by atoms with Gasteiger partial charge in [0.05, 0.1) is 26.6 Å². The molecule has 2 aromatic carbocycles. The standard InChI is InChI=1S/C25H24FN5O6S/c1-4-37-21-14-7-11-18(27-21)23-28-29-24(31(23)22-19(35-2)12-8-13-20(22)36-3)25(32)30-38(33,34)15-16-9-5-6-10-17(16)26/h5-14H,4,15H2,1-3H3,(H,30,32). The number of nitrogens with one attached hydrogen (secondary N) is 1. The molecule has 0 radical (unpaired) electrons. The minimum atomic E-state index is -4.32. The van der Waals surface area contributed by atoms with Gasteiger partial charge in [-0.3, -0.25) is 9.36 Å². The van der Waals surface area contributed by atoms with Gasteiger partial charge in [-0.1, -0.05) is 30.3 Å². The molecule has 38 heavy (non-hydrogen) atoms. The molecule has 0 saturated carbocycles. The first-order chi connectivity index (χ1) is 18.3. The summed E-state index contributed by atoms with van der Waals surface area (Å²) >= 11 is 0. The topological polar surface area (TPSA) is 135 Å². The van der Waals surface area contributed by atoms with Crippen LogP contribution in [0.2, 0.25) is 0 Å². The maximum absolute atomic E-state index is 14.1. The normalized spacial score (nSPS) is 11.2. The molecule has 0 saturated heterocycles. The van der Waals surface area contributed by atoms with E-state index in [1.165, 1.54) is 37.0 Å². The zero-order chi connectivity index (χ0) is 27.3. The lowest BCUT2D eigenvalue weighted by Gasteiger charge is -2.17. The van der Waals surface area contributed by atoms with Gasteiger partial charge in [-0.25, -0.2) is 22.5 Å². The molecule has 0 aliphatic heterocycles. The Hall–Kier alpha value is -4.52. The highest BCUT2D eigenvalue weighted by molar-refractivity contribution is 7.89. The van der Waals surface area contributed by atoms with Crippen LogP contribution >= 0.6 is 0 Å². The molecule has 1 amide bonds. The summed E-state index contributed by atoms with van der Waals surface area (Å²) in [6.07, 6.45) is 0. The number of amides is 1. The highest BCUT2D eigenvalue weighted by Gasteiger charge is 2.29. The number of rotatable bonds is 10. The molecule has 13 heteroatoms. The first kappa shape index (κ1) is 26.5. The van der Waals surface area contributed by atoms with Crippen LogP contribution < -0.4 is 18.9 Å². The van der Waals surface area contributed by atoms with Gasteiger partial charge < -0.3 is 14.2 Å². The molecule has 4 aromatic rings. The Balaban J connectivity index is 1.84. The van der Waals surface area contributed by atoms with Crippen molar-refractivity contribution in [2.45, 2.75) is 12.7 Å². The van der Waals surface area contributed by atoms with E-state index in [2.05, 4.69) is 15.2 Å². The largest absolute Gasteiger partial charge is 0.494 e. The van der Waals surface area contributed by atoms with Crippen molar-refractivity contribution in [3.05, 3.63) is 77.9 Å². The van der Waals surface area contributed by atoms with Crippen molar-refractivity contribution < 1.29 is 31.8 Å². The zero-order valence-corrected chi connectivity index (χ0v) is 21.5. The quantitative estimate of drug-likeness (QED) is 0.321. The number of benzene rings is 2. The highest BCUT2D eigenvalue weighted by atomic mass is 32.2. The molecule has 198 valence electrons. The number of carbonyl (C=O) groups excluding carboxylic acids is 1. The third-order valence-corrected chi connectivity index (χ3v) is 6.48. The van der Waals surface area contributed by atoms with Crippen molar-refractivity contribution >= 4 is 15.9 Å². The van der Waals surface area contributed by atoms with Crippen LogP contribution in [0, 0.1) is 5.82 Å². The SMILES string of the molecule is CCOc1cccc(-c2nnc(C(=O)NS(=O)(=O)Cc3ccccc3F)n2-c2c(OC)cccc2OC)n1. The molecule has 0 aliphatic rings. The Labute approximate surface area is 218 Å². The van der Waals surface area contributed by atoms with Gasteiger partial charge in [0.1, 0.15) is 28.7 Å². The maximum Gasteiger partial charge on any atom is 0.303 e. The van der Waals surface area contributed by atoms with Gasteiger partial charge in [0.25, 0.3) is 0 Å². The summed E-state index contributed by atoms with van der Waals surface area (Å²) in [7, 11) is -1.47. The van der Waals surface area contributed by atoms with E-state index in [0.29, 0.717) is 12.5 Å². The van der Waals surface area contributed by atoms with Crippen LogP contribution in [0.15, 0.2) is 60.7 Å². The highest BCUT2D eigenvalue weighted by Crippen LogP contribution is 2.36. The van der Waals surface area contributed by atoms with Crippen molar-refractivity contribution in [3.63, 3.8) is 0 Å². The zero-order valence-electron chi connectivity index (χ0n) is 20.7. The van der Waals surface area contributed by atoms with Crippen LogP contribution in [0.3, 0.4) is 0 Å². The first-order valence-corrected chi connectivity index (χ1v) is 13.0. The Bertz CT molecular complexity index is 1550. The van der Waals surface area contributed by atoms with Crippen LogP contribution in [0.5, 0.6) is 17.4 Å². The molecule has 0 bridgehead atoms. The van der Waals surface area contributed by atoms with E-state index < -0.39 is 33.3 Å². The van der Waals surface area contributed by atoms with E-state index in [1.807, 2.05) is 4.72 Å². The van der Waals surface area contributed by atoms with E-state index in [9.17, 15) is 17.6 Å². The molecular formula is C25H24FN5O6S. The Morgan fingerprint density at radius 3 is 2.32 bits per heavy atom. The number of hydrogen-bond acceptors (Lipinski definition) is 9. The average Bonchev–Trinajstić information content (AvgIpc) is 3.34. The Morgan fingerprint density at radius 1 is 0.974 bits per heavy atom. The minimum absolute atomic E-state index is 0.0889. The number of carbonyl (C=O) groups is 1. The van der Waals surface area contributed by atoms with Crippen LogP contribution in [-0.2, 0) is 15.8 Å². The van der Waals surface area contributed by atoms with Gasteiger partial charge in [0.15, 0.2) is 5.82 Å². The summed E-state index contributed by atoms with van der Waals surface area (Å²) in [5.74, 6) is -2.00. The van der Waals surface area contributed by atoms with Crippen LogP contribution in [-0.4, -0.2) is 54.9 Å². The number of halogens is 1. The van der Waals surface area contributed by atoms with Gasteiger partial charge in [0.2, 0.25) is 21.7 Å². The molecule has 2 aromatic heterocycles. The molecule has 2 heterocycles. The van der Waals surface area contributed by atoms with Gasteiger partial charge >= 0.3 is 5.91 Å². The van der Waals surface area contributed by atoms with E-state index >= 15 is 0 Å². The number of pyridine rings is 1. The second kappa shape index (κ2) is 11.3. The summed E-state index contributed by atoms with van der Waals surface area (Å²) in [6.45, 7) is 2.18. The van der Waals surface area contributed by atoms with Crippen molar-refractivity contribution in [1.82, 2.24) is 24.5 Å². The van der Waals surface area contributed by atoms with E-state index in [1.54, 1.807) is 43.3 Å². The first-order valence-electron chi connectivity index (χ1n) is 11.3. The molecule has 0 fully saturated rings. The van der Waals surface area contributed by atoms with Gasteiger partial charge in [0, 0.05) is 11.6 Å². The van der Waals surface area contributed by atoms with Crippen molar-refractivity contribution in [2.75, 3.05) is 20.8 Å². The Morgan fingerprint density at radius 2 is 1.66 bits per heavy atom. The predicted molar refractivity (Wildman–Crippen MR) is 135 cm³/mol. The monoisotopic (exact) mass is 541 g/mol. The smallest absolute Gasteiger partial charge is 0.303 e. The van der Waals surface area contributed by atoms with Crippen LogP contribution in [0.25, 0.3) is 17.2 Å². The molecule has 11 nitrogen and oxygen atoms in total. The molecule has 4 rings (SSSR count). The number of ether oxygens (including phenoxy) is 3. The van der Waals surface area contributed by atoms with Crippen LogP contribution in [0.4, 0.5) is 4.39 Å². The summed E-state index contributed by atoms with van der Waals surface area (Å²) < 4.78 is 59.3. The van der Waals surface area contributed by atoms with E-state index in [-0.39, 0.29) is 34.3 Å². The third-order valence-electron chi connectivity index (χ3n) is 5.29. The Kier molecular flexibility index (Phi) is 7.86. The lowest BCUT2D eigenvalue weighted by molar-refractivity contribution is 0.0969. The van der Waals surface area contributed by atoms with Gasteiger partial charge in [-0.15, -0.1) is 10.2 Å². The maximum atomic E-state index is 14.1. The molecular weight excluding hydrogens is 517 g/mol.